The quantitative estimate of drug-likeness (QED) is 0.119. The predicted octanol–water partition coefficient (Wildman–Crippen LogP) is 10.0. The molecule has 10 heteroatoms. The summed E-state index contributed by atoms with van der Waals surface area (Å²) in [5.74, 6) is 0. The van der Waals surface area contributed by atoms with Gasteiger partial charge in [0.05, 0.1) is 85.0 Å². The van der Waals surface area contributed by atoms with Crippen LogP contribution in [0.15, 0.2) is 97.1 Å². The molecular weight excluding hydrogens is 793 g/mol. The second kappa shape index (κ2) is 15.9. The van der Waals surface area contributed by atoms with Crippen LogP contribution in [0.4, 0.5) is 0 Å². The Kier molecular flexibility index (Phi) is 10.6. The molecule has 0 saturated carbocycles. The Bertz CT molecular complexity index is 3020. The van der Waals surface area contributed by atoms with E-state index < -0.39 is 16.1 Å². The second-order valence-electron chi connectivity index (χ2n) is 17.1. The zero-order valence-corrected chi connectivity index (χ0v) is 36.8. The summed E-state index contributed by atoms with van der Waals surface area (Å²) in [6.45, 7) is 13.4. The maximum absolute atomic E-state index is 11.1. The van der Waals surface area contributed by atoms with Gasteiger partial charge in [0.25, 0.3) is 0 Å². The molecular formula is C52H34N8Si2. The zero-order valence-electron chi connectivity index (χ0n) is 34.8. The first-order valence-electron chi connectivity index (χ1n) is 19.6. The third-order valence-corrected chi connectivity index (χ3v) is 15.4. The number of allylic oxidation sites excluding steroid dienone is 8. The molecule has 5 aromatic carbocycles. The van der Waals surface area contributed by atoms with Crippen molar-refractivity contribution in [1.82, 2.24) is 0 Å². The van der Waals surface area contributed by atoms with Crippen molar-refractivity contribution >= 4 is 71.1 Å². The van der Waals surface area contributed by atoms with Crippen LogP contribution in [0.25, 0.3) is 44.6 Å². The van der Waals surface area contributed by atoms with Gasteiger partial charge in [-0.15, -0.1) is 0 Å². The van der Waals surface area contributed by atoms with Crippen LogP contribution < -0.4 is 10.4 Å². The van der Waals surface area contributed by atoms with Crippen LogP contribution >= 0.6 is 0 Å². The average molecular weight is 827 g/mol. The van der Waals surface area contributed by atoms with Gasteiger partial charge in [0.2, 0.25) is 0 Å². The molecule has 0 fully saturated rings. The van der Waals surface area contributed by atoms with Gasteiger partial charge < -0.3 is 0 Å². The monoisotopic (exact) mass is 826 g/mol. The molecule has 0 radical (unpaired) electrons. The van der Waals surface area contributed by atoms with E-state index in [1.54, 1.807) is 36.4 Å². The molecule has 0 unspecified atom stereocenters. The minimum Gasteiger partial charge on any atom is -0.192 e. The number of rotatable bonds is 6. The van der Waals surface area contributed by atoms with Crippen molar-refractivity contribution in [2.75, 3.05) is 0 Å². The van der Waals surface area contributed by atoms with E-state index in [1.165, 1.54) is 22.5 Å². The Morgan fingerprint density at radius 1 is 0.371 bits per heavy atom. The molecule has 2 aliphatic carbocycles. The van der Waals surface area contributed by atoms with Crippen molar-refractivity contribution in [3.8, 4) is 48.6 Å². The molecule has 7 rings (SSSR count). The van der Waals surface area contributed by atoms with Crippen LogP contribution in [0.1, 0.15) is 66.8 Å². The van der Waals surface area contributed by atoms with E-state index in [4.69, 9.17) is 0 Å². The largest absolute Gasteiger partial charge is 0.192 e. The first kappa shape index (κ1) is 41.6. The van der Waals surface area contributed by atoms with E-state index in [9.17, 15) is 42.1 Å². The topological polar surface area (TPSA) is 190 Å². The van der Waals surface area contributed by atoms with Crippen molar-refractivity contribution in [3.05, 3.63) is 164 Å². The summed E-state index contributed by atoms with van der Waals surface area (Å²) in [5.41, 5.74) is 7.12. The molecule has 0 amide bonds. The lowest BCUT2D eigenvalue weighted by molar-refractivity contribution is 1.43. The molecule has 8 nitrogen and oxygen atoms in total. The molecule has 0 aliphatic heterocycles. The molecule has 0 heterocycles. The van der Waals surface area contributed by atoms with Crippen molar-refractivity contribution in [1.29, 1.82) is 42.1 Å². The lowest BCUT2D eigenvalue weighted by atomic mass is 9.86. The number of fused-ring (bicyclic) bond motifs is 2. The van der Waals surface area contributed by atoms with E-state index in [-0.39, 0.29) is 44.5 Å². The van der Waals surface area contributed by atoms with Crippen LogP contribution in [-0.2, 0) is 0 Å². The summed E-state index contributed by atoms with van der Waals surface area (Å²) < 4.78 is 0. The van der Waals surface area contributed by atoms with Crippen LogP contribution in [-0.4, -0.2) is 16.1 Å². The summed E-state index contributed by atoms with van der Waals surface area (Å²) in [7, 11) is -3.49. The van der Waals surface area contributed by atoms with E-state index in [0.29, 0.717) is 66.8 Å². The number of benzene rings is 5. The Hall–Kier alpha value is -8.59. The van der Waals surface area contributed by atoms with Crippen LogP contribution in [0.3, 0.4) is 0 Å². The fraction of sp³-hybridized carbons (Fsp3) is 0.115. The molecule has 0 atom stereocenters. The van der Waals surface area contributed by atoms with Crippen molar-refractivity contribution in [3.63, 3.8) is 0 Å². The zero-order chi connectivity index (χ0) is 44.7. The number of nitrogens with zero attached hydrogens (tertiary/aromatic N) is 8. The third kappa shape index (κ3) is 7.13. The highest BCUT2D eigenvalue weighted by Gasteiger charge is 2.38. The fourth-order valence-corrected chi connectivity index (χ4v) is 10.5. The number of hydrogen-bond acceptors (Lipinski definition) is 8. The normalized spacial score (nSPS) is 14.4. The Labute approximate surface area is 363 Å². The standard InChI is InChI=1S/C52H34N8Si2/c1-61(2,3)39-11-7-35(8-12-39)49-47(29-59)41-21-44-42(22-43(41)51(49)45(27-57)37-17-31(23-53)15-32(18-37)24-54)48(30-60)50(36-9-13-40(14-10-36)62(4,5)6)52(44)46(28-58)38-19-33(25-55)16-34(20-38)26-56/h7-22H,1-6H3/b51-45+,52-46+. The molecule has 5 aromatic rings. The Morgan fingerprint density at radius 2 is 0.677 bits per heavy atom. The molecule has 0 bridgehead atoms. The van der Waals surface area contributed by atoms with Crippen molar-refractivity contribution < 1.29 is 0 Å². The fourth-order valence-electron chi connectivity index (χ4n) is 8.15. The minimum absolute atomic E-state index is 0.128. The van der Waals surface area contributed by atoms with E-state index in [0.717, 1.165) is 0 Å². The summed E-state index contributed by atoms with van der Waals surface area (Å²) in [6.07, 6.45) is 0. The highest BCUT2D eigenvalue weighted by molar-refractivity contribution is 6.89. The van der Waals surface area contributed by atoms with Gasteiger partial charge in [0, 0.05) is 33.4 Å². The second-order valence-corrected chi connectivity index (χ2v) is 27.2. The molecule has 290 valence electrons. The molecule has 2 aliphatic rings. The van der Waals surface area contributed by atoms with Gasteiger partial charge in [-0.2, -0.15) is 42.1 Å². The summed E-state index contributed by atoms with van der Waals surface area (Å²) in [4.78, 5) is 0. The van der Waals surface area contributed by atoms with Gasteiger partial charge in [0.15, 0.2) is 0 Å². The molecule has 62 heavy (non-hydrogen) atoms. The summed E-state index contributed by atoms with van der Waals surface area (Å²) in [5, 5.41) is 86.5. The van der Waals surface area contributed by atoms with Gasteiger partial charge in [0.1, 0.15) is 24.3 Å². The summed E-state index contributed by atoms with van der Waals surface area (Å²) >= 11 is 0. The molecule has 0 spiro atoms. The maximum Gasteiger partial charge on any atom is 0.100 e. The molecule has 0 saturated heterocycles. The molecule has 0 aromatic heterocycles. The van der Waals surface area contributed by atoms with Gasteiger partial charge in [-0.25, -0.2) is 0 Å². The SMILES string of the molecule is C[Si](C)(C)c1ccc(C2=C(C#N)c3cc4c(cc3/C2=C(/C#N)c2cc(C#N)cc(C#N)c2)C(C#N)=C(c2ccc([Si](C)(C)C)cc2)/C4=C(\C#N)c2cc(C#N)cc(C#N)c2)cc1. The van der Waals surface area contributed by atoms with Gasteiger partial charge >= 0.3 is 0 Å². The van der Waals surface area contributed by atoms with Crippen LogP contribution in [0.5, 0.6) is 0 Å². The van der Waals surface area contributed by atoms with Gasteiger partial charge in [-0.3, -0.25) is 0 Å². The predicted molar refractivity (Wildman–Crippen MR) is 247 cm³/mol. The smallest absolute Gasteiger partial charge is 0.100 e. The highest BCUT2D eigenvalue weighted by atomic mass is 28.3. The van der Waals surface area contributed by atoms with Crippen LogP contribution in [0.2, 0.25) is 39.3 Å². The van der Waals surface area contributed by atoms with E-state index >= 15 is 0 Å². The lowest BCUT2D eigenvalue weighted by Crippen LogP contribution is -2.37. The summed E-state index contributed by atoms with van der Waals surface area (Å²) in [6, 6.07) is 46.5. The van der Waals surface area contributed by atoms with Crippen LogP contribution in [0, 0.1) is 90.6 Å². The first-order chi connectivity index (χ1) is 29.6. The van der Waals surface area contributed by atoms with Gasteiger partial charge in [-0.1, -0.05) is 98.2 Å². The third-order valence-electron chi connectivity index (χ3n) is 11.2. The van der Waals surface area contributed by atoms with E-state index in [2.05, 4.69) is 87.8 Å². The number of nitriles is 8. The number of hydrogen-bond donors (Lipinski definition) is 0. The molecule has 0 N–H and O–H groups in total. The highest BCUT2D eigenvalue weighted by Crippen LogP contribution is 2.56. The Balaban J connectivity index is 1.65. The lowest BCUT2D eigenvalue weighted by Gasteiger charge is -2.18. The van der Waals surface area contributed by atoms with Crippen molar-refractivity contribution in [2.24, 2.45) is 0 Å². The van der Waals surface area contributed by atoms with Crippen molar-refractivity contribution in [2.45, 2.75) is 39.3 Å². The minimum atomic E-state index is -1.75. The maximum atomic E-state index is 11.1. The van der Waals surface area contributed by atoms with Gasteiger partial charge in [-0.05, 0) is 81.9 Å². The average Bonchev–Trinajstić information content (AvgIpc) is 3.76. The first-order valence-corrected chi connectivity index (χ1v) is 26.6. The van der Waals surface area contributed by atoms with E-state index in [1.807, 2.05) is 48.5 Å². The Morgan fingerprint density at radius 3 is 0.919 bits per heavy atom.